The van der Waals surface area contributed by atoms with E-state index >= 15 is 0 Å². The molecule has 2 N–H and O–H groups in total. The molecule has 1 fully saturated rings. The number of allylic oxidation sites excluding steroid dienone is 1. The predicted molar refractivity (Wildman–Crippen MR) is 166 cm³/mol. The molecule has 2 bridgehead atoms. The molecule has 1 amide bonds. The molecule has 1 saturated carbocycles. The number of aryl methyl sites for hydroxylation is 1. The second-order valence-electron chi connectivity index (χ2n) is 13.0. The Morgan fingerprint density at radius 1 is 1.10 bits per heavy atom. The average Bonchev–Trinajstić information content (AvgIpc) is 3.09. The second kappa shape index (κ2) is 11.5. The summed E-state index contributed by atoms with van der Waals surface area (Å²) in [5.41, 5.74) is 3.34. The van der Waals surface area contributed by atoms with Crippen LogP contribution in [0.4, 0.5) is 5.69 Å². The van der Waals surface area contributed by atoms with Gasteiger partial charge >= 0.3 is 0 Å². The predicted octanol–water partition coefficient (Wildman–Crippen LogP) is 5.63. The van der Waals surface area contributed by atoms with Crippen molar-refractivity contribution in [1.82, 2.24) is 4.72 Å². The number of benzene rings is 2. The number of sulfonamides is 1. The SMILES string of the molecule is C[C@@H]1[C@@H](C)C/C=C\C[C@H](O)[C@@H]2CC[C@H]2CN2C[C@@]3(CCCc4cc(Cl)ccc43)COc3ccc(cc32)C(=O)NS1(=O)=O. The molecule has 6 atom stereocenters. The molecule has 9 heteroatoms. The number of carbonyl (C=O) groups excluding carboxylic acids is 1. The number of nitrogens with one attached hydrogen (secondary N) is 1. The summed E-state index contributed by atoms with van der Waals surface area (Å²) < 4.78 is 35.2. The molecule has 2 aromatic carbocycles. The van der Waals surface area contributed by atoms with Crippen LogP contribution in [-0.2, 0) is 21.9 Å². The zero-order valence-electron chi connectivity index (χ0n) is 24.4. The highest BCUT2D eigenvalue weighted by Gasteiger charge is 2.44. The minimum absolute atomic E-state index is 0.189. The van der Waals surface area contributed by atoms with Gasteiger partial charge in [0.2, 0.25) is 10.0 Å². The molecular formula is C33H41ClN2O5S. The van der Waals surface area contributed by atoms with Crippen LogP contribution in [0.2, 0.25) is 5.02 Å². The van der Waals surface area contributed by atoms with Gasteiger partial charge in [0.1, 0.15) is 5.75 Å². The average molecular weight is 613 g/mol. The van der Waals surface area contributed by atoms with Gasteiger partial charge in [0.15, 0.2) is 0 Å². The van der Waals surface area contributed by atoms with Crippen LogP contribution in [0.1, 0.15) is 73.9 Å². The maximum atomic E-state index is 13.4. The van der Waals surface area contributed by atoms with E-state index in [1.54, 1.807) is 25.1 Å². The molecule has 0 saturated heterocycles. The van der Waals surface area contributed by atoms with Crippen LogP contribution in [-0.4, -0.2) is 50.5 Å². The van der Waals surface area contributed by atoms with Crippen LogP contribution in [0, 0.1) is 17.8 Å². The van der Waals surface area contributed by atoms with Gasteiger partial charge in [-0.2, -0.15) is 0 Å². The lowest BCUT2D eigenvalue weighted by atomic mass is 9.68. The Hall–Kier alpha value is -2.55. The molecule has 2 aliphatic carbocycles. The molecule has 2 aromatic rings. The Morgan fingerprint density at radius 2 is 1.90 bits per heavy atom. The van der Waals surface area contributed by atoms with Gasteiger partial charge < -0.3 is 14.7 Å². The van der Waals surface area contributed by atoms with Crippen LogP contribution in [0.5, 0.6) is 5.75 Å². The summed E-state index contributed by atoms with van der Waals surface area (Å²) in [5.74, 6) is 0.347. The zero-order chi connectivity index (χ0) is 29.6. The molecule has 7 nitrogen and oxygen atoms in total. The van der Waals surface area contributed by atoms with E-state index in [4.69, 9.17) is 16.3 Å². The summed E-state index contributed by atoms with van der Waals surface area (Å²) in [6, 6.07) is 11.4. The summed E-state index contributed by atoms with van der Waals surface area (Å²) in [5, 5.41) is 11.1. The van der Waals surface area contributed by atoms with E-state index in [9.17, 15) is 18.3 Å². The molecule has 1 spiro atoms. The number of hydrogen-bond acceptors (Lipinski definition) is 6. The summed E-state index contributed by atoms with van der Waals surface area (Å²) >= 11 is 6.39. The van der Waals surface area contributed by atoms with Crippen molar-refractivity contribution in [2.24, 2.45) is 17.8 Å². The molecule has 0 radical (unpaired) electrons. The van der Waals surface area contributed by atoms with Gasteiger partial charge in [0.05, 0.1) is 23.6 Å². The maximum absolute atomic E-state index is 13.4. The van der Waals surface area contributed by atoms with E-state index in [0.717, 1.165) is 49.4 Å². The van der Waals surface area contributed by atoms with E-state index in [1.165, 1.54) is 11.1 Å². The fraction of sp³-hybridized carbons (Fsp3) is 0.545. The number of aliphatic hydroxyl groups is 1. The third-order valence-corrected chi connectivity index (χ3v) is 12.5. The first-order valence-electron chi connectivity index (χ1n) is 15.3. The largest absolute Gasteiger partial charge is 0.490 e. The van der Waals surface area contributed by atoms with Gasteiger partial charge in [0, 0.05) is 29.1 Å². The van der Waals surface area contributed by atoms with Crippen LogP contribution in [0.25, 0.3) is 0 Å². The number of halogens is 1. The molecule has 2 aliphatic heterocycles. The molecule has 0 aromatic heterocycles. The number of anilines is 1. The van der Waals surface area contributed by atoms with Crippen LogP contribution in [0.15, 0.2) is 48.6 Å². The van der Waals surface area contributed by atoms with Gasteiger partial charge in [-0.05, 0) is 111 Å². The molecule has 2 heterocycles. The number of fused-ring (bicyclic) bond motifs is 4. The highest BCUT2D eigenvalue weighted by atomic mass is 35.5. The Morgan fingerprint density at radius 3 is 2.69 bits per heavy atom. The van der Waals surface area contributed by atoms with E-state index in [-0.39, 0.29) is 22.8 Å². The van der Waals surface area contributed by atoms with Gasteiger partial charge in [-0.15, -0.1) is 0 Å². The van der Waals surface area contributed by atoms with E-state index < -0.39 is 27.3 Å². The van der Waals surface area contributed by atoms with Crippen molar-refractivity contribution < 1.29 is 23.1 Å². The number of amides is 1. The highest BCUT2D eigenvalue weighted by molar-refractivity contribution is 7.90. The van der Waals surface area contributed by atoms with Gasteiger partial charge in [-0.3, -0.25) is 4.79 Å². The summed E-state index contributed by atoms with van der Waals surface area (Å²) in [4.78, 5) is 15.7. The first-order valence-corrected chi connectivity index (χ1v) is 17.2. The number of carbonyl (C=O) groups is 1. The zero-order valence-corrected chi connectivity index (χ0v) is 26.0. The Kier molecular flexibility index (Phi) is 8.09. The van der Waals surface area contributed by atoms with Gasteiger partial charge in [-0.25, -0.2) is 13.1 Å². The standard InChI is InChI=1S/C33H41ClN2O5S/c1-21-6-3-4-8-30(37)27-12-9-25(27)18-36-19-33(15-5-7-23-16-26(34)11-13-28(23)33)20-41-31-14-10-24(17-29(31)36)32(38)35-42(39,40)22(21)2/h3-4,10-11,13-14,16-17,21-22,25,27,30,37H,5-9,12,15,18-20H2,1-2H3,(H,35,38)/b4-3-/t21-,22+,25-,27+,30-,33-/m0/s1. The Labute approximate surface area is 254 Å². The first-order chi connectivity index (χ1) is 20.1. The maximum Gasteiger partial charge on any atom is 0.264 e. The van der Waals surface area contributed by atoms with E-state index in [2.05, 4.69) is 21.8 Å². The summed E-state index contributed by atoms with van der Waals surface area (Å²) in [6.07, 6.45) is 9.58. The van der Waals surface area contributed by atoms with Crippen LogP contribution >= 0.6 is 11.6 Å². The van der Waals surface area contributed by atoms with Crippen molar-refractivity contribution in [2.75, 3.05) is 24.6 Å². The van der Waals surface area contributed by atoms with Crippen molar-refractivity contribution in [3.8, 4) is 5.75 Å². The lowest BCUT2D eigenvalue weighted by Crippen LogP contribution is -2.49. The Bertz CT molecular complexity index is 1490. The van der Waals surface area contributed by atoms with Crippen molar-refractivity contribution in [3.05, 3.63) is 70.3 Å². The third-order valence-electron chi connectivity index (χ3n) is 10.3. The lowest BCUT2D eigenvalue weighted by molar-refractivity contribution is 0.0177. The lowest BCUT2D eigenvalue weighted by Gasteiger charge is -2.45. The van der Waals surface area contributed by atoms with E-state index in [1.807, 2.05) is 25.1 Å². The highest BCUT2D eigenvalue weighted by Crippen LogP contribution is 2.47. The third kappa shape index (κ3) is 5.58. The molecule has 42 heavy (non-hydrogen) atoms. The molecule has 0 unspecified atom stereocenters. The number of rotatable bonds is 0. The topological polar surface area (TPSA) is 95.9 Å². The van der Waals surface area contributed by atoms with Crippen molar-refractivity contribution in [2.45, 2.75) is 75.6 Å². The summed E-state index contributed by atoms with van der Waals surface area (Å²) in [7, 11) is -3.90. The van der Waals surface area contributed by atoms with Crippen LogP contribution in [0.3, 0.4) is 0 Å². The fourth-order valence-electron chi connectivity index (χ4n) is 7.37. The quantitative estimate of drug-likeness (QED) is 0.374. The van der Waals surface area contributed by atoms with E-state index in [0.29, 0.717) is 37.7 Å². The van der Waals surface area contributed by atoms with Crippen molar-refractivity contribution in [1.29, 1.82) is 0 Å². The van der Waals surface area contributed by atoms with Gasteiger partial charge in [-0.1, -0.05) is 36.7 Å². The number of ether oxygens (including phenoxy) is 1. The Balaban J connectivity index is 1.41. The van der Waals surface area contributed by atoms with Crippen molar-refractivity contribution in [3.63, 3.8) is 0 Å². The normalized spacial score (nSPS) is 33.6. The molecule has 226 valence electrons. The molecule has 4 aliphatic rings. The first kappa shape index (κ1) is 29.5. The molecular weight excluding hydrogens is 572 g/mol. The summed E-state index contributed by atoms with van der Waals surface area (Å²) in [6.45, 7) is 5.44. The smallest absolute Gasteiger partial charge is 0.264 e. The number of hydrogen-bond donors (Lipinski definition) is 2. The molecule has 6 rings (SSSR count). The monoisotopic (exact) mass is 612 g/mol. The van der Waals surface area contributed by atoms with Gasteiger partial charge in [0.25, 0.3) is 5.91 Å². The van der Waals surface area contributed by atoms with Crippen LogP contribution < -0.4 is 14.4 Å². The van der Waals surface area contributed by atoms with Crippen molar-refractivity contribution >= 4 is 33.2 Å². The second-order valence-corrected chi connectivity index (χ2v) is 15.4. The number of aliphatic hydroxyl groups excluding tert-OH is 1. The number of nitrogens with zero attached hydrogens (tertiary/aromatic N) is 1. The minimum Gasteiger partial charge on any atom is -0.490 e. The fourth-order valence-corrected chi connectivity index (χ4v) is 8.85. The minimum atomic E-state index is -3.90.